The summed E-state index contributed by atoms with van der Waals surface area (Å²) in [6.45, 7) is 1.71. The van der Waals surface area contributed by atoms with Gasteiger partial charge in [-0.15, -0.1) is 0 Å². The van der Waals surface area contributed by atoms with E-state index in [-0.39, 0.29) is 5.92 Å². The summed E-state index contributed by atoms with van der Waals surface area (Å²) >= 11 is 0. The summed E-state index contributed by atoms with van der Waals surface area (Å²) in [5.74, 6) is -1.14. The minimum Gasteiger partial charge on any atom is -0.481 e. The molecule has 78 valence electrons. The Kier molecular flexibility index (Phi) is 2.41. The van der Waals surface area contributed by atoms with E-state index in [1.807, 2.05) is 18.3 Å². The standard InChI is InChI=1S/C11H12N2O2/c1-7(11(14)15)5-8-6-13-10-9(8)3-2-4-12-10/h2-4,6-7H,5H2,1H3,(H,12,13)(H,14,15). The molecule has 2 N–H and O–H groups in total. The van der Waals surface area contributed by atoms with Crippen molar-refractivity contribution in [1.82, 2.24) is 9.97 Å². The van der Waals surface area contributed by atoms with Gasteiger partial charge in [-0.05, 0) is 24.1 Å². The van der Waals surface area contributed by atoms with E-state index >= 15 is 0 Å². The van der Waals surface area contributed by atoms with E-state index in [4.69, 9.17) is 5.11 Å². The summed E-state index contributed by atoms with van der Waals surface area (Å²) in [7, 11) is 0. The molecule has 0 aromatic carbocycles. The molecule has 2 aromatic rings. The fraction of sp³-hybridized carbons (Fsp3) is 0.273. The van der Waals surface area contributed by atoms with Crippen molar-refractivity contribution < 1.29 is 9.90 Å². The quantitative estimate of drug-likeness (QED) is 0.801. The zero-order chi connectivity index (χ0) is 10.8. The minimum atomic E-state index is -0.770. The van der Waals surface area contributed by atoms with Crippen molar-refractivity contribution in [3.8, 4) is 0 Å². The number of carboxylic acids is 1. The summed E-state index contributed by atoms with van der Waals surface area (Å²) in [6, 6.07) is 3.80. The lowest BCUT2D eigenvalue weighted by molar-refractivity contribution is -0.141. The number of hydrogen-bond acceptors (Lipinski definition) is 2. The molecule has 0 fully saturated rings. The number of fused-ring (bicyclic) bond motifs is 1. The molecule has 2 heterocycles. The van der Waals surface area contributed by atoms with E-state index in [2.05, 4.69) is 9.97 Å². The van der Waals surface area contributed by atoms with E-state index in [9.17, 15) is 4.79 Å². The Bertz CT molecular complexity index is 490. The molecule has 0 aliphatic carbocycles. The Morgan fingerprint density at radius 3 is 3.20 bits per heavy atom. The van der Waals surface area contributed by atoms with Gasteiger partial charge in [0.15, 0.2) is 0 Å². The van der Waals surface area contributed by atoms with Gasteiger partial charge in [-0.25, -0.2) is 4.98 Å². The fourth-order valence-electron chi connectivity index (χ4n) is 1.60. The molecule has 0 saturated carbocycles. The van der Waals surface area contributed by atoms with Gasteiger partial charge in [-0.3, -0.25) is 4.79 Å². The zero-order valence-corrected chi connectivity index (χ0v) is 8.40. The lowest BCUT2D eigenvalue weighted by atomic mass is 10.0. The second-order valence-electron chi connectivity index (χ2n) is 3.66. The van der Waals surface area contributed by atoms with Gasteiger partial charge in [0.05, 0.1) is 5.92 Å². The van der Waals surface area contributed by atoms with Crippen molar-refractivity contribution in [3.05, 3.63) is 30.1 Å². The predicted octanol–water partition coefficient (Wildman–Crippen LogP) is 1.83. The molecule has 0 radical (unpaired) electrons. The highest BCUT2D eigenvalue weighted by molar-refractivity contribution is 5.80. The second kappa shape index (κ2) is 3.73. The summed E-state index contributed by atoms with van der Waals surface area (Å²) in [6.07, 6.45) is 4.07. The van der Waals surface area contributed by atoms with Crippen LogP contribution < -0.4 is 0 Å². The monoisotopic (exact) mass is 204 g/mol. The maximum atomic E-state index is 10.7. The molecule has 0 amide bonds. The van der Waals surface area contributed by atoms with Gasteiger partial charge in [0.2, 0.25) is 0 Å². The zero-order valence-electron chi connectivity index (χ0n) is 8.40. The van der Waals surface area contributed by atoms with Crippen LogP contribution in [0.25, 0.3) is 11.0 Å². The lowest BCUT2D eigenvalue weighted by Crippen LogP contribution is -2.11. The number of rotatable bonds is 3. The molecule has 0 aliphatic heterocycles. The third kappa shape index (κ3) is 1.83. The van der Waals surface area contributed by atoms with Gasteiger partial charge < -0.3 is 10.1 Å². The predicted molar refractivity (Wildman–Crippen MR) is 56.6 cm³/mol. The molecular weight excluding hydrogens is 192 g/mol. The summed E-state index contributed by atoms with van der Waals surface area (Å²) < 4.78 is 0. The smallest absolute Gasteiger partial charge is 0.306 e. The van der Waals surface area contributed by atoms with Crippen molar-refractivity contribution in [2.24, 2.45) is 5.92 Å². The SMILES string of the molecule is CC(Cc1c[nH]c2ncccc12)C(=O)O. The third-order valence-electron chi connectivity index (χ3n) is 2.48. The van der Waals surface area contributed by atoms with Gasteiger partial charge in [-0.2, -0.15) is 0 Å². The number of nitrogens with one attached hydrogen (secondary N) is 1. The molecule has 0 aliphatic rings. The molecule has 0 bridgehead atoms. The minimum absolute atomic E-state index is 0.371. The van der Waals surface area contributed by atoms with Gasteiger partial charge in [0.1, 0.15) is 5.65 Å². The van der Waals surface area contributed by atoms with Gasteiger partial charge >= 0.3 is 5.97 Å². The second-order valence-corrected chi connectivity index (χ2v) is 3.66. The first-order valence-corrected chi connectivity index (χ1v) is 4.82. The average molecular weight is 204 g/mol. The van der Waals surface area contributed by atoms with Crippen molar-refractivity contribution in [2.75, 3.05) is 0 Å². The number of aromatic nitrogens is 2. The van der Waals surface area contributed by atoms with E-state index in [1.54, 1.807) is 13.1 Å². The third-order valence-corrected chi connectivity index (χ3v) is 2.48. The van der Waals surface area contributed by atoms with E-state index < -0.39 is 5.97 Å². The topological polar surface area (TPSA) is 66.0 Å². The summed E-state index contributed by atoms with van der Waals surface area (Å²) in [5.41, 5.74) is 1.82. The molecule has 2 aromatic heterocycles. The maximum Gasteiger partial charge on any atom is 0.306 e. The molecule has 0 saturated heterocycles. The van der Waals surface area contributed by atoms with Crippen molar-refractivity contribution in [2.45, 2.75) is 13.3 Å². The molecule has 15 heavy (non-hydrogen) atoms. The van der Waals surface area contributed by atoms with Crippen molar-refractivity contribution >= 4 is 17.0 Å². The molecular formula is C11H12N2O2. The van der Waals surface area contributed by atoms with Crippen LogP contribution in [0.4, 0.5) is 0 Å². The first-order valence-electron chi connectivity index (χ1n) is 4.82. The maximum absolute atomic E-state index is 10.7. The van der Waals surface area contributed by atoms with E-state index in [1.165, 1.54) is 0 Å². The van der Waals surface area contributed by atoms with Gasteiger partial charge in [-0.1, -0.05) is 6.92 Å². The number of hydrogen-bond donors (Lipinski definition) is 2. The lowest BCUT2D eigenvalue weighted by Gasteiger charge is -2.03. The van der Waals surface area contributed by atoms with Crippen LogP contribution >= 0.6 is 0 Å². The molecule has 2 rings (SSSR count). The van der Waals surface area contributed by atoms with Crippen LogP contribution in [-0.2, 0) is 11.2 Å². The highest BCUT2D eigenvalue weighted by Gasteiger charge is 2.14. The summed E-state index contributed by atoms with van der Waals surface area (Å²) in [4.78, 5) is 17.9. The van der Waals surface area contributed by atoms with Crippen molar-refractivity contribution in [3.63, 3.8) is 0 Å². The molecule has 1 unspecified atom stereocenters. The number of carbonyl (C=O) groups is 1. The van der Waals surface area contributed by atoms with Crippen LogP contribution in [0.1, 0.15) is 12.5 Å². The highest BCUT2D eigenvalue weighted by atomic mass is 16.4. The molecule has 0 spiro atoms. The van der Waals surface area contributed by atoms with Gasteiger partial charge in [0.25, 0.3) is 0 Å². The molecule has 1 atom stereocenters. The normalized spacial score (nSPS) is 12.9. The number of aliphatic carboxylic acids is 1. The Morgan fingerprint density at radius 2 is 2.47 bits per heavy atom. The first kappa shape index (κ1) is 9.71. The van der Waals surface area contributed by atoms with E-state index in [0.717, 1.165) is 16.6 Å². The highest BCUT2D eigenvalue weighted by Crippen LogP contribution is 2.18. The van der Waals surface area contributed by atoms with Crippen LogP contribution in [0.2, 0.25) is 0 Å². The Hall–Kier alpha value is -1.84. The number of H-pyrrole nitrogens is 1. The molecule has 4 heteroatoms. The van der Waals surface area contributed by atoms with Crippen LogP contribution in [0.3, 0.4) is 0 Å². The average Bonchev–Trinajstić information content (AvgIpc) is 2.62. The Balaban J connectivity index is 2.32. The number of carboxylic acid groups (broad SMARTS) is 1. The fourth-order valence-corrected chi connectivity index (χ4v) is 1.60. The van der Waals surface area contributed by atoms with Crippen molar-refractivity contribution in [1.29, 1.82) is 0 Å². The first-order chi connectivity index (χ1) is 7.18. The molecule has 4 nitrogen and oxygen atoms in total. The Labute approximate surface area is 87.0 Å². The number of aromatic amines is 1. The Morgan fingerprint density at radius 1 is 1.67 bits per heavy atom. The van der Waals surface area contributed by atoms with Crippen LogP contribution in [0, 0.1) is 5.92 Å². The number of nitrogens with zero attached hydrogens (tertiary/aromatic N) is 1. The van der Waals surface area contributed by atoms with Crippen LogP contribution in [0.5, 0.6) is 0 Å². The van der Waals surface area contributed by atoms with Crippen LogP contribution in [0.15, 0.2) is 24.5 Å². The van der Waals surface area contributed by atoms with Gasteiger partial charge in [0, 0.05) is 17.8 Å². The number of pyridine rings is 1. The largest absolute Gasteiger partial charge is 0.481 e. The van der Waals surface area contributed by atoms with E-state index in [0.29, 0.717) is 6.42 Å². The summed E-state index contributed by atoms with van der Waals surface area (Å²) in [5, 5.41) is 9.83. The van der Waals surface area contributed by atoms with Crippen LogP contribution in [-0.4, -0.2) is 21.0 Å².